The van der Waals surface area contributed by atoms with E-state index in [1.54, 1.807) is 6.20 Å². The van der Waals surface area contributed by atoms with Crippen LogP contribution in [-0.4, -0.2) is 52.4 Å². The smallest absolute Gasteiger partial charge is 0.407 e. The van der Waals surface area contributed by atoms with Crippen LogP contribution in [0.1, 0.15) is 18.5 Å². The van der Waals surface area contributed by atoms with Gasteiger partial charge in [-0.3, -0.25) is 0 Å². The van der Waals surface area contributed by atoms with Crippen molar-refractivity contribution in [2.75, 3.05) is 26.3 Å². The monoisotopic (exact) mass is 315 g/mol. The average Bonchev–Trinajstić information content (AvgIpc) is 3.03. The number of carboxylic acid groups (broad SMARTS) is 1. The van der Waals surface area contributed by atoms with Crippen LogP contribution in [0.3, 0.4) is 0 Å². The normalized spacial score (nSPS) is 17.7. The van der Waals surface area contributed by atoms with Crippen LogP contribution in [0.15, 0.2) is 30.5 Å². The SMILES string of the molecule is O=C(O)N1CCC(COCCCc2ccc3cccnc3n2)C1. The van der Waals surface area contributed by atoms with Crippen molar-refractivity contribution in [3.8, 4) is 0 Å². The number of pyridine rings is 2. The van der Waals surface area contributed by atoms with E-state index in [9.17, 15) is 4.79 Å². The minimum absolute atomic E-state index is 0.328. The van der Waals surface area contributed by atoms with Gasteiger partial charge in [0.25, 0.3) is 0 Å². The summed E-state index contributed by atoms with van der Waals surface area (Å²) in [6.07, 6.45) is 3.58. The number of aromatic nitrogens is 2. The van der Waals surface area contributed by atoms with E-state index in [1.807, 2.05) is 24.3 Å². The first kappa shape index (κ1) is 15.7. The summed E-state index contributed by atoms with van der Waals surface area (Å²) >= 11 is 0. The highest BCUT2D eigenvalue weighted by atomic mass is 16.5. The van der Waals surface area contributed by atoms with Crippen LogP contribution >= 0.6 is 0 Å². The number of likely N-dealkylation sites (tertiary alicyclic amines) is 1. The molecule has 6 heteroatoms. The molecule has 0 aliphatic carbocycles. The van der Waals surface area contributed by atoms with Gasteiger partial charge in [-0.15, -0.1) is 0 Å². The summed E-state index contributed by atoms with van der Waals surface area (Å²) < 4.78 is 5.69. The fourth-order valence-corrected chi connectivity index (χ4v) is 2.88. The second-order valence-corrected chi connectivity index (χ2v) is 5.91. The number of carbonyl (C=O) groups is 1. The molecule has 3 rings (SSSR count). The third-order valence-corrected chi connectivity index (χ3v) is 4.15. The molecule has 2 aromatic heterocycles. The van der Waals surface area contributed by atoms with Crippen LogP contribution in [-0.2, 0) is 11.2 Å². The number of hydrogen-bond acceptors (Lipinski definition) is 4. The molecular formula is C17H21N3O3. The lowest BCUT2D eigenvalue weighted by molar-refractivity contribution is 0.0978. The van der Waals surface area contributed by atoms with Gasteiger partial charge in [-0.25, -0.2) is 14.8 Å². The van der Waals surface area contributed by atoms with E-state index in [1.165, 1.54) is 4.90 Å². The van der Waals surface area contributed by atoms with E-state index in [4.69, 9.17) is 9.84 Å². The van der Waals surface area contributed by atoms with Gasteiger partial charge in [0.15, 0.2) is 5.65 Å². The first-order chi connectivity index (χ1) is 11.2. The lowest BCUT2D eigenvalue weighted by Gasteiger charge is -2.12. The Kier molecular flexibility index (Phi) is 5.02. The zero-order valence-electron chi connectivity index (χ0n) is 13.0. The Hall–Kier alpha value is -2.21. The molecule has 1 aliphatic rings. The zero-order valence-corrected chi connectivity index (χ0v) is 13.0. The van der Waals surface area contributed by atoms with Crippen LogP contribution in [0, 0.1) is 5.92 Å². The van der Waals surface area contributed by atoms with E-state index < -0.39 is 6.09 Å². The summed E-state index contributed by atoms with van der Waals surface area (Å²) in [6, 6.07) is 7.99. The van der Waals surface area contributed by atoms with Crippen LogP contribution in [0.2, 0.25) is 0 Å². The second-order valence-electron chi connectivity index (χ2n) is 5.91. The maximum atomic E-state index is 10.8. The van der Waals surface area contributed by atoms with E-state index in [2.05, 4.69) is 9.97 Å². The molecule has 2 aromatic rings. The summed E-state index contributed by atoms with van der Waals surface area (Å²) in [6.45, 7) is 2.52. The number of amides is 1. The molecule has 23 heavy (non-hydrogen) atoms. The van der Waals surface area contributed by atoms with Crippen LogP contribution in [0.25, 0.3) is 11.0 Å². The van der Waals surface area contributed by atoms with Gasteiger partial charge in [-0.1, -0.05) is 0 Å². The van der Waals surface area contributed by atoms with E-state index in [0.717, 1.165) is 36.0 Å². The van der Waals surface area contributed by atoms with E-state index in [0.29, 0.717) is 32.2 Å². The van der Waals surface area contributed by atoms with Crippen molar-refractivity contribution in [3.63, 3.8) is 0 Å². The Morgan fingerprint density at radius 1 is 1.39 bits per heavy atom. The number of nitrogens with zero attached hydrogens (tertiary/aromatic N) is 3. The Labute approximate surface area is 135 Å². The Morgan fingerprint density at radius 3 is 3.13 bits per heavy atom. The van der Waals surface area contributed by atoms with Crippen molar-refractivity contribution >= 4 is 17.1 Å². The third kappa shape index (κ3) is 4.16. The minimum Gasteiger partial charge on any atom is -0.465 e. The minimum atomic E-state index is -0.830. The van der Waals surface area contributed by atoms with E-state index in [-0.39, 0.29) is 0 Å². The molecule has 1 saturated heterocycles. The molecule has 1 atom stereocenters. The fourth-order valence-electron chi connectivity index (χ4n) is 2.88. The topological polar surface area (TPSA) is 75.5 Å². The van der Waals surface area contributed by atoms with Crippen molar-refractivity contribution < 1.29 is 14.6 Å². The van der Waals surface area contributed by atoms with Crippen molar-refractivity contribution in [2.24, 2.45) is 5.92 Å². The van der Waals surface area contributed by atoms with Crippen LogP contribution < -0.4 is 0 Å². The molecule has 0 aromatic carbocycles. The maximum Gasteiger partial charge on any atom is 0.407 e. The van der Waals surface area contributed by atoms with Crippen molar-refractivity contribution in [1.82, 2.24) is 14.9 Å². The van der Waals surface area contributed by atoms with Gasteiger partial charge in [0.05, 0.1) is 6.61 Å². The van der Waals surface area contributed by atoms with Crippen molar-refractivity contribution in [1.29, 1.82) is 0 Å². The third-order valence-electron chi connectivity index (χ3n) is 4.15. The number of rotatable bonds is 6. The zero-order chi connectivity index (χ0) is 16.1. The molecule has 1 N–H and O–H groups in total. The molecule has 0 saturated carbocycles. The van der Waals surface area contributed by atoms with Crippen molar-refractivity contribution in [3.05, 3.63) is 36.2 Å². The van der Waals surface area contributed by atoms with Gasteiger partial charge in [-0.2, -0.15) is 0 Å². The molecule has 1 aliphatic heterocycles. The number of fused-ring (bicyclic) bond motifs is 1. The molecule has 0 spiro atoms. The predicted octanol–water partition coefficient (Wildman–Crippen LogP) is 2.58. The molecular weight excluding hydrogens is 294 g/mol. The van der Waals surface area contributed by atoms with Gasteiger partial charge in [-0.05, 0) is 43.5 Å². The van der Waals surface area contributed by atoms with Gasteiger partial charge in [0.2, 0.25) is 0 Å². The molecule has 1 unspecified atom stereocenters. The highest BCUT2D eigenvalue weighted by molar-refractivity contribution is 5.74. The second kappa shape index (κ2) is 7.37. The summed E-state index contributed by atoms with van der Waals surface area (Å²) in [5, 5.41) is 9.97. The Balaban J connectivity index is 1.37. The fraction of sp³-hybridized carbons (Fsp3) is 0.471. The maximum absolute atomic E-state index is 10.8. The first-order valence-corrected chi connectivity index (χ1v) is 7.98. The number of aryl methyl sites for hydroxylation is 1. The molecule has 1 fully saturated rings. The summed E-state index contributed by atoms with van der Waals surface area (Å²) in [7, 11) is 0. The van der Waals surface area contributed by atoms with Crippen LogP contribution in [0.5, 0.6) is 0 Å². The molecule has 6 nitrogen and oxygen atoms in total. The molecule has 0 bridgehead atoms. The molecule has 122 valence electrons. The standard InChI is InChI=1S/C17H21N3O3/c21-17(22)20-9-7-13(11-20)12-23-10-2-4-15-6-5-14-3-1-8-18-16(14)19-15/h1,3,5-6,8,13H,2,4,7,9-12H2,(H,21,22). The van der Waals surface area contributed by atoms with Gasteiger partial charge >= 0.3 is 6.09 Å². The summed E-state index contributed by atoms with van der Waals surface area (Å²) in [4.78, 5) is 21.1. The number of hydrogen-bond donors (Lipinski definition) is 1. The Morgan fingerprint density at radius 2 is 2.30 bits per heavy atom. The predicted molar refractivity (Wildman–Crippen MR) is 86.4 cm³/mol. The largest absolute Gasteiger partial charge is 0.465 e. The quantitative estimate of drug-likeness (QED) is 0.829. The molecule has 1 amide bonds. The Bertz CT molecular complexity index is 677. The highest BCUT2D eigenvalue weighted by Gasteiger charge is 2.25. The average molecular weight is 315 g/mol. The van der Waals surface area contributed by atoms with Gasteiger partial charge in [0.1, 0.15) is 0 Å². The van der Waals surface area contributed by atoms with E-state index >= 15 is 0 Å². The van der Waals surface area contributed by atoms with Gasteiger partial charge in [0, 0.05) is 42.9 Å². The van der Waals surface area contributed by atoms with Crippen LogP contribution in [0.4, 0.5) is 4.79 Å². The summed E-state index contributed by atoms with van der Waals surface area (Å²) in [5.41, 5.74) is 1.81. The first-order valence-electron chi connectivity index (χ1n) is 7.98. The molecule has 0 radical (unpaired) electrons. The summed E-state index contributed by atoms with van der Waals surface area (Å²) in [5.74, 6) is 0.328. The molecule has 3 heterocycles. The number of ether oxygens (including phenoxy) is 1. The lowest BCUT2D eigenvalue weighted by Crippen LogP contribution is -2.27. The highest BCUT2D eigenvalue weighted by Crippen LogP contribution is 2.16. The lowest BCUT2D eigenvalue weighted by atomic mass is 10.1. The van der Waals surface area contributed by atoms with Crippen molar-refractivity contribution in [2.45, 2.75) is 19.3 Å². The van der Waals surface area contributed by atoms with Gasteiger partial charge < -0.3 is 14.7 Å².